The molecule has 1 aliphatic carbocycles. The first-order valence-corrected chi connectivity index (χ1v) is 8.96. The number of rotatable bonds is 6. The first-order valence-electron chi connectivity index (χ1n) is 8.96. The van der Waals surface area contributed by atoms with E-state index in [4.69, 9.17) is 0 Å². The largest absolute Gasteiger partial charge is 0.334 e. The molecule has 1 aliphatic heterocycles. The highest BCUT2D eigenvalue weighted by molar-refractivity contribution is 5.74. The first-order chi connectivity index (χ1) is 12.3. The van der Waals surface area contributed by atoms with Crippen LogP contribution in [0.15, 0.2) is 37.1 Å². The molecule has 0 aromatic carbocycles. The van der Waals surface area contributed by atoms with Crippen LogP contribution in [-0.2, 0) is 6.54 Å². The summed E-state index contributed by atoms with van der Waals surface area (Å²) >= 11 is 0. The third-order valence-corrected chi connectivity index (χ3v) is 4.85. The molecule has 0 radical (unpaired) electrons. The van der Waals surface area contributed by atoms with E-state index in [1.807, 2.05) is 22.9 Å². The molecular formula is C18H24N6O. The van der Waals surface area contributed by atoms with Crippen LogP contribution in [0.4, 0.5) is 4.79 Å². The van der Waals surface area contributed by atoms with Gasteiger partial charge in [-0.3, -0.25) is 4.57 Å². The second-order valence-electron chi connectivity index (χ2n) is 7.01. The van der Waals surface area contributed by atoms with Gasteiger partial charge in [0.25, 0.3) is 0 Å². The SMILES string of the molecule is O=C(NCc1ccnc(-n2ccnc2)c1)N[C@@H]1CCN(CC2CC2)C1. The molecule has 3 heterocycles. The Morgan fingerprint density at radius 1 is 1.28 bits per heavy atom. The van der Waals surface area contributed by atoms with Crippen molar-refractivity contribution in [2.75, 3.05) is 19.6 Å². The Morgan fingerprint density at radius 3 is 3.00 bits per heavy atom. The van der Waals surface area contributed by atoms with Gasteiger partial charge >= 0.3 is 6.03 Å². The van der Waals surface area contributed by atoms with Crippen molar-refractivity contribution in [3.8, 4) is 5.82 Å². The molecule has 0 bridgehead atoms. The molecule has 7 nitrogen and oxygen atoms in total. The summed E-state index contributed by atoms with van der Waals surface area (Å²) in [6, 6.07) is 4.03. The highest BCUT2D eigenvalue weighted by Crippen LogP contribution is 2.30. The fraction of sp³-hybridized carbons (Fsp3) is 0.500. The molecular weight excluding hydrogens is 316 g/mol. The number of imidazole rings is 1. The summed E-state index contributed by atoms with van der Waals surface area (Å²) in [4.78, 5) is 23.0. The monoisotopic (exact) mass is 340 g/mol. The summed E-state index contributed by atoms with van der Waals surface area (Å²) in [6.45, 7) is 3.76. The van der Waals surface area contributed by atoms with Crippen LogP contribution < -0.4 is 10.6 Å². The number of hydrogen-bond acceptors (Lipinski definition) is 4. The third kappa shape index (κ3) is 4.36. The lowest BCUT2D eigenvalue weighted by Gasteiger charge is -2.16. The second-order valence-corrected chi connectivity index (χ2v) is 7.01. The van der Waals surface area contributed by atoms with E-state index in [1.165, 1.54) is 19.4 Å². The summed E-state index contributed by atoms with van der Waals surface area (Å²) in [5.74, 6) is 1.70. The fourth-order valence-electron chi connectivity index (χ4n) is 3.31. The molecule has 2 aromatic rings. The van der Waals surface area contributed by atoms with E-state index in [0.717, 1.165) is 36.8 Å². The van der Waals surface area contributed by atoms with Crippen LogP contribution in [0.3, 0.4) is 0 Å². The molecule has 4 rings (SSSR count). The highest BCUT2D eigenvalue weighted by atomic mass is 16.2. The molecule has 2 fully saturated rings. The van der Waals surface area contributed by atoms with Gasteiger partial charge in [0.15, 0.2) is 0 Å². The Hall–Kier alpha value is -2.41. The predicted molar refractivity (Wildman–Crippen MR) is 94.3 cm³/mol. The number of likely N-dealkylation sites (tertiary alicyclic amines) is 1. The van der Waals surface area contributed by atoms with Crippen molar-refractivity contribution < 1.29 is 4.79 Å². The molecule has 0 spiro atoms. The first kappa shape index (κ1) is 16.1. The van der Waals surface area contributed by atoms with Crippen LogP contribution in [0, 0.1) is 5.92 Å². The molecule has 25 heavy (non-hydrogen) atoms. The summed E-state index contributed by atoms with van der Waals surface area (Å²) in [7, 11) is 0. The van der Waals surface area contributed by atoms with Crippen molar-refractivity contribution in [3.63, 3.8) is 0 Å². The quantitative estimate of drug-likeness (QED) is 0.837. The zero-order valence-corrected chi connectivity index (χ0v) is 14.3. The van der Waals surface area contributed by atoms with Crippen molar-refractivity contribution in [1.29, 1.82) is 0 Å². The van der Waals surface area contributed by atoms with Crippen molar-refractivity contribution in [2.45, 2.75) is 31.8 Å². The lowest BCUT2D eigenvalue weighted by molar-refractivity contribution is 0.235. The molecule has 1 saturated carbocycles. The van der Waals surface area contributed by atoms with Crippen molar-refractivity contribution in [2.24, 2.45) is 5.92 Å². The van der Waals surface area contributed by atoms with Crippen LogP contribution in [0.2, 0.25) is 0 Å². The smallest absolute Gasteiger partial charge is 0.315 e. The number of amides is 2. The van der Waals surface area contributed by atoms with E-state index in [-0.39, 0.29) is 12.1 Å². The Labute approximate surface area is 147 Å². The predicted octanol–water partition coefficient (Wildman–Crippen LogP) is 1.55. The normalized spacial score (nSPS) is 20.6. The zero-order chi connectivity index (χ0) is 17.1. The zero-order valence-electron chi connectivity index (χ0n) is 14.3. The maximum Gasteiger partial charge on any atom is 0.315 e. The van der Waals surface area contributed by atoms with Crippen molar-refractivity contribution in [3.05, 3.63) is 42.6 Å². The van der Waals surface area contributed by atoms with Crippen LogP contribution in [-0.4, -0.2) is 51.1 Å². The van der Waals surface area contributed by atoms with Gasteiger partial charge in [0.2, 0.25) is 0 Å². The second kappa shape index (κ2) is 7.23. The molecule has 1 saturated heterocycles. The number of urea groups is 1. The van der Waals surface area contributed by atoms with Gasteiger partial charge in [0, 0.05) is 50.8 Å². The number of pyridine rings is 1. The Morgan fingerprint density at radius 2 is 2.20 bits per heavy atom. The number of hydrogen-bond donors (Lipinski definition) is 2. The fourth-order valence-corrected chi connectivity index (χ4v) is 3.31. The van der Waals surface area contributed by atoms with E-state index < -0.39 is 0 Å². The van der Waals surface area contributed by atoms with Gasteiger partial charge in [-0.15, -0.1) is 0 Å². The summed E-state index contributed by atoms with van der Waals surface area (Å²) < 4.78 is 1.84. The van der Waals surface area contributed by atoms with Crippen LogP contribution in [0.5, 0.6) is 0 Å². The highest BCUT2D eigenvalue weighted by Gasteiger charge is 2.29. The molecule has 7 heteroatoms. The van der Waals surface area contributed by atoms with Gasteiger partial charge in [0.05, 0.1) is 0 Å². The minimum absolute atomic E-state index is 0.0979. The van der Waals surface area contributed by atoms with Gasteiger partial charge in [-0.25, -0.2) is 14.8 Å². The lowest BCUT2D eigenvalue weighted by atomic mass is 10.2. The van der Waals surface area contributed by atoms with E-state index in [0.29, 0.717) is 6.54 Å². The van der Waals surface area contributed by atoms with Crippen LogP contribution in [0.1, 0.15) is 24.8 Å². The topological polar surface area (TPSA) is 75.1 Å². The molecule has 132 valence electrons. The molecule has 1 atom stereocenters. The maximum absolute atomic E-state index is 12.2. The van der Waals surface area contributed by atoms with Crippen LogP contribution >= 0.6 is 0 Å². The van der Waals surface area contributed by atoms with E-state index in [9.17, 15) is 4.79 Å². The minimum Gasteiger partial charge on any atom is -0.334 e. The van der Waals surface area contributed by atoms with E-state index >= 15 is 0 Å². The summed E-state index contributed by atoms with van der Waals surface area (Å²) in [6.07, 6.45) is 10.8. The average Bonchev–Trinajstić information content (AvgIpc) is 3.10. The Bertz CT molecular complexity index is 712. The van der Waals surface area contributed by atoms with Gasteiger partial charge in [-0.2, -0.15) is 0 Å². The van der Waals surface area contributed by atoms with Crippen molar-refractivity contribution >= 4 is 6.03 Å². The van der Waals surface area contributed by atoms with Gasteiger partial charge < -0.3 is 15.5 Å². The molecule has 2 amide bonds. The average molecular weight is 340 g/mol. The Kier molecular flexibility index (Phi) is 4.65. The van der Waals surface area contributed by atoms with Crippen LogP contribution in [0.25, 0.3) is 5.82 Å². The molecule has 0 unspecified atom stereocenters. The minimum atomic E-state index is -0.0979. The van der Waals surface area contributed by atoms with Crippen molar-refractivity contribution in [1.82, 2.24) is 30.1 Å². The maximum atomic E-state index is 12.2. The Balaban J connectivity index is 1.24. The van der Waals surface area contributed by atoms with Gasteiger partial charge in [-0.1, -0.05) is 0 Å². The van der Waals surface area contributed by atoms with E-state index in [2.05, 4.69) is 25.5 Å². The number of carbonyl (C=O) groups excluding carboxylic acids is 1. The standard InChI is InChI=1S/C18H24N6O/c25-18(22-16-4-7-23(12-16)11-14-1-2-14)21-10-15-3-5-20-17(9-15)24-8-6-19-13-24/h3,5-6,8-9,13-14,16H,1-2,4,7,10-12H2,(H2,21,22,25)/t16-/m1/s1. The van der Waals surface area contributed by atoms with E-state index in [1.54, 1.807) is 18.7 Å². The molecule has 2 N–H and O–H groups in total. The summed E-state index contributed by atoms with van der Waals surface area (Å²) in [5, 5.41) is 6.04. The summed E-state index contributed by atoms with van der Waals surface area (Å²) in [5.41, 5.74) is 1.01. The molecule has 2 aromatic heterocycles. The lowest BCUT2D eigenvalue weighted by Crippen LogP contribution is -2.43. The van der Waals surface area contributed by atoms with Gasteiger partial charge in [-0.05, 0) is 42.9 Å². The molecule has 2 aliphatic rings. The third-order valence-electron chi connectivity index (χ3n) is 4.85. The number of nitrogens with one attached hydrogen (secondary N) is 2. The van der Waals surface area contributed by atoms with Gasteiger partial charge in [0.1, 0.15) is 12.1 Å². The number of nitrogens with zero attached hydrogens (tertiary/aromatic N) is 4. The number of carbonyl (C=O) groups is 1. The number of aromatic nitrogens is 3.